The maximum atomic E-state index is 13.8. The zero-order valence-corrected chi connectivity index (χ0v) is 11.3. The van der Waals surface area contributed by atoms with Gasteiger partial charge in [-0.1, -0.05) is 12.1 Å². The van der Waals surface area contributed by atoms with Gasteiger partial charge in [0.15, 0.2) is 0 Å². The molecule has 1 aromatic heterocycles. The molecule has 0 saturated carbocycles. The number of carboxylic acids is 1. The number of hydrogen-bond donors (Lipinski definition) is 1. The molecule has 0 aliphatic rings. The average Bonchev–Trinajstić information content (AvgIpc) is 2.49. The van der Waals surface area contributed by atoms with Crippen molar-refractivity contribution >= 4 is 16.9 Å². The predicted molar refractivity (Wildman–Crippen MR) is 78.8 cm³/mol. The maximum absolute atomic E-state index is 13.8. The van der Waals surface area contributed by atoms with Crippen LogP contribution < -0.4 is 0 Å². The van der Waals surface area contributed by atoms with E-state index in [4.69, 9.17) is 5.11 Å². The maximum Gasteiger partial charge on any atom is 0.335 e. The number of fused-ring (bicyclic) bond motifs is 1. The normalized spacial score (nSPS) is 10.8. The van der Waals surface area contributed by atoms with Gasteiger partial charge in [0.2, 0.25) is 0 Å². The number of aromatic nitrogens is 1. The summed E-state index contributed by atoms with van der Waals surface area (Å²) in [6.45, 7) is 1.70. The number of carboxylic acid groups (broad SMARTS) is 1. The minimum atomic E-state index is -0.998. The first kappa shape index (κ1) is 13.2. The molecule has 3 nitrogen and oxygen atoms in total. The number of rotatable bonds is 2. The smallest absolute Gasteiger partial charge is 0.335 e. The van der Waals surface area contributed by atoms with E-state index in [1.165, 1.54) is 12.1 Å². The van der Waals surface area contributed by atoms with E-state index >= 15 is 0 Å². The minimum Gasteiger partial charge on any atom is -0.478 e. The highest BCUT2D eigenvalue weighted by Crippen LogP contribution is 2.29. The van der Waals surface area contributed by atoms with Gasteiger partial charge in [-0.25, -0.2) is 9.18 Å². The highest BCUT2D eigenvalue weighted by Gasteiger charge is 2.10. The lowest BCUT2D eigenvalue weighted by Crippen LogP contribution is -1.96. The van der Waals surface area contributed by atoms with Gasteiger partial charge < -0.3 is 5.11 Å². The Bertz CT molecular complexity index is 859. The molecule has 3 aromatic rings. The summed E-state index contributed by atoms with van der Waals surface area (Å²) in [5.74, 6) is -1.28. The Hall–Kier alpha value is -2.75. The number of carbonyl (C=O) groups is 1. The fraction of sp³-hybridized carbons (Fsp3) is 0.0588. The Balaban J connectivity index is 2.28. The molecule has 1 heterocycles. The van der Waals surface area contributed by atoms with Crippen LogP contribution in [0.5, 0.6) is 0 Å². The Morgan fingerprint density at radius 1 is 1.14 bits per heavy atom. The standard InChI is InChI=1S/C17H12FNO2/c1-10-2-3-11(9-15(10)18)13-6-7-19-16-5-4-12(17(20)21)8-14(13)16/h2-9H,1H3,(H,20,21). The topological polar surface area (TPSA) is 50.2 Å². The van der Waals surface area contributed by atoms with Gasteiger partial charge in [-0.3, -0.25) is 4.98 Å². The Kier molecular flexibility index (Phi) is 3.14. The lowest BCUT2D eigenvalue weighted by atomic mass is 9.99. The fourth-order valence-corrected chi connectivity index (χ4v) is 2.29. The SMILES string of the molecule is Cc1ccc(-c2ccnc3ccc(C(=O)O)cc23)cc1F. The van der Waals surface area contributed by atoms with Crippen LogP contribution in [0.1, 0.15) is 15.9 Å². The molecule has 0 unspecified atom stereocenters. The van der Waals surface area contributed by atoms with Crippen LogP contribution in [0.2, 0.25) is 0 Å². The van der Waals surface area contributed by atoms with Crippen molar-refractivity contribution in [2.24, 2.45) is 0 Å². The zero-order valence-electron chi connectivity index (χ0n) is 11.3. The lowest BCUT2D eigenvalue weighted by Gasteiger charge is -2.08. The van der Waals surface area contributed by atoms with Crippen LogP contribution in [0.3, 0.4) is 0 Å². The average molecular weight is 281 g/mol. The molecule has 0 radical (unpaired) electrons. The number of hydrogen-bond acceptors (Lipinski definition) is 2. The van der Waals surface area contributed by atoms with E-state index in [-0.39, 0.29) is 11.4 Å². The quantitative estimate of drug-likeness (QED) is 0.771. The van der Waals surface area contributed by atoms with Crippen LogP contribution in [-0.4, -0.2) is 16.1 Å². The van der Waals surface area contributed by atoms with Gasteiger partial charge in [0, 0.05) is 11.6 Å². The molecular formula is C17H12FNO2. The monoisotopic (exact) mass is 281 g/mol. The summed E-state index contributed by atoms with van der Waals surface area (Å²) in [5, 5.41) is 9.80. The highest BCUT2D eigenvalue weighted by molar-refractivity contribution is 5.99. The van der Waals surface area contributed by atoms with Crippen molar-refractivity contribution in [3.05, 3.63) is 65.6 Å². The molecular weight excluding hydrogens is 269 g/mol. The van der Waals surface area contributed by atoms with E-state index in [2.05, 4.69) is 4.98 Å². The van der Waals surface area contributed by atoms with Crippen LogP contribution in [0.25, 0.3) is 22.0 Å². The summed E-state index contributed by atoms with van der Waals surface area (Å²) < 4.78 is 13.8. The molecule has 0 atom stereocenters. The summed E-state index contributed by atoms with van der Waals surface area (Å²) in [6.07, 6.45) is 1.63. The van der Waals surface area contributed by atoms with Crippen LogP contribution in [0.4, 0.5) is 4.39 Å². The Morgan fingerprint density at radius 3 is 2.67 bits per heavy atom. The number of aromatic carboxylic acids is 1. The molecule has 21 heavy (non-hydrogen) atoms. The third-order valence-corrected chi connectivity index (χ3v) is 3.47. The molecule has 0 aliphatic carbocycles. The zero-order chi connectivity index (χ0) is 15.0. The molecule has 3 rings (SSSR count). The molecule has 0 fully saturated rings. The summed E-state index contributed by atoms with van der Waals surface area (Å²) in [4.78, 5) is 15.3. The fourth-order valence-electron chi connectivity index (χ4n) is 2.29. The largest absolute Gasteiger partial charge is 0.478 e. The third-order valence-electron chi connectivity index (χ3n) is 3.47. The second-order valence-corrected chi connectivity index (χ2v) is 4.86. The second kappa shape index (κ2) is 4.98. The van der Waals surface area contributed by atoms with Crippen molar-refractivity contribution in [3.63, 3.8) is 0 Å². The molecule has 0 aliphatic heterocycles. The van der Waals surface area contributed by atoms with Gasteiger partial charge in [0.1, 0.15) is 5.82 Å². The molecule has 4 heteroatoms. The molecule has 0 amide bonds. The first-order valence-electron chi connectivity index (χ1n) is 6.45. The number of benzene rings is 2. The number of nitrogens with zero attached hydrogens (tertiary/aromatic N) is 1. The van der Waals surface area contributed by atoms with Gasteiger partial charge in [0.05, 0.1) is 11.1 Å². The van der Waals surface area contributed by atoms with Crippen LogP contribution in [0.15, 0.2) is 48.7 Å². The third kappa shape index (κ3) is 2.36. The molecule has 0 saturated heterocycles. The van der Waals surface area contributed by atoms with E-state index in [1.807, 2.05) is 6.07 Å². The van der Waals surface area contributed by atoms with Crippen molar-refractivity contribution in [1.29, 1.82) is 0 Å². The van der Waals surface area contributed by atoms with Crippen LogP contribution in [0, 0.1) is 12.7 Å². The van der Waals surface area contributed by atoms with E-state index in [0.717, 1.165) is 5.56 Å². The molecule has 0 spiro atoms. The lowest BCUT2D eigenvalue weighted by molar-refractivity contribution is 0.0697. The molecule has 2 aromatic carbocycles. The summed E-state index contributed by atoms with van der Waals surface area (Å²) in [5.41, 5.74) is 2.90. The summed E-state index contributed by atoms with van der Waals surface area (Å²) in [6, 6.07) is 11.5. The van der Waals surface area contributed by atoms with E-state index in [1.54, 1.807) is 37.4 Å². The van der Waals surface area contributed by atoms with E-state index < -0.39 is 5.97 Å². The number of halogens is 1. The number of aryl methyl sites for hydroxylation is 1. The summed E-state index contributed by atoms with van der Waals surface area (Å²) >= 11 is 0. The van der Waals surface area contributed by atoms with Gasteiger partial charge in [-0.2, -0.15) is 0 Å². The van der Waals surface area contributed by atoms with Gasteiger partial charge >= 0.3 is 5.97 Å². The second-order valence-electron chi connectivity index (χ2n) is 4.86. The van der Waals surface area contributed by atoms with E-state index in [9.17, 15) is 9.18 Å². The van der Waals surface area contributed by atoms with Crippen molar-refractivity contribution in [2.45, 2.75) is 6.92 Å². The van der Waals surface area contributed by atoms with Crippen LogP contribution in [-0.2, 0) is 0 Å². The van der Waals surface area contributed by atoms with Gasteiger partial charge in [-0.15, -0.1) is 0 Å². The van der Waals surface area contributed by atoms with Crippen molar-refractivity contribution in [2.75, 3.05) is 0 Å². The first-order valence-corrected chi connectivity index (χ1v) is 6.45. The molecule has 104 valence electrons. The van der Waals surface area contributed by atoms with Gasteiger partial charge in [0.25, 0.3) is 0 Å². The highest BCUT2D eigenvalue weighted by atomic mass is 19.1. The van der Waals surface area contributed by atoms with Crippen molar-refractivity contribution in [3.8, 4) is 11.1 Å². The first-order chi connectivity index (χ1) is 10.1. The van der Waals surface area contributed by atoms with Crippen LogP contribution >= 0.6 is 0 Å². The Morgan fingerprint density at radius 2 is 1.95 bits per heavy atom. The van der Waals surface area contributed by atoms with Crippen molar-refractivity contribution in [1.82, 2.24) is 4.98 Å². The van der Waals surface area contributed by atoms with E-state index in [0.29, 0.717) is 22.0 Å². The molecule has 1 N–H and O–H groups in total. The minimum absolute atomic E-state index is 0.185. The molecule has 0 bridgehead atoms. The summed E-state index contributed by atoms with van der Waals surface area (Å²) in [7, 11) is 0. The predicted octanol–water partition coefficient (Wildman–Crippen LogP) is 4.05. The van der Waals surface area contributed by atoms with Gasteiger partial charge in [-0.05, 0) is 53.9 Å². The Labute approximate surface area is 120 Å². The number of pyridine rings is 1. The van der Waals surface area contributed by atoms with Crippen molar-refractivity contribution < 1.29 is 14.3 Å².